The Hall–Kier alpha value is -0.0600. The normalized spacial score (nSPS) is 20.2. The van der Waals surface area contributed by atoms with Crippen molar-refractivity contribution in [1.29, 1.82) is 0 Å². The van der Waals surface area contributed by atoms with Crippen LogP contribution in [0.15, 0.2) is 18.3 Å². The van der Waals surface area contributed by atoms with Crippen molar-refractivity contribution in [2.75, 3.05) is 13.6 Å². The van der Waals surface area contributed by atoms with E-state index in [2.05, 4.69) is 21.5 Å². The monoisotopic (exact) mass is 297 g/mol. The molecule has 1 N–H and O–H groups in total. The lowest BCUT2D eigenvalue weighted by molar-refractivity contribution is 0.0982. The van der Waals surface area contributed by atoms with Crippen molar-refractivity contribution in [3.05, 3.63) is 29.0 Å². The highest BCUT2D eigenvalue weighted by Crippen LogP contribution is 2.28. The molecule has 2 rings (SSSR count). The van der Waals surface area contributed by atoms with Gasteiger partial charge in [0.2, 0.25) is 0 Å². The topological polar surface area (TPSA) is 28.2 Å². The van der Waals surface area contributed by atoms with Gasteiger partial charge in [0.25, 0.3) is 0 Å². The Morgan fingerprint density at radius 3 is 2.71 bits per heavy atom. The molecule has 1 aliphatic heterocycles. The van der Waals surface area contributed by atoms with E-state index in [1.807, 2.05) is 19.3 Å². The number of piperidine rings is 1. The van der Waals surface area contributed by atoms with Gasteiger partial charge in [-0.15, -0.1) is 24.8 Å². The summed E-state index contributed by atoms with van der Waals surface area (Å²) in [5.74, 6) is 0. The van der Waals surface area contributed by atoms with E-state index in [0.717, 1.165) is 6.54 Å². The standard InChI is InChI=1S/C11H16ClN3.2ClH/c1-13-15-7-3-2-4-10(15)9-5-6-11(12)14-8-9;;/h5-6,8,10,13H,2-4,7H2,1H3;2*1H/t10-;;/m0../s1. The second kappa shape index (κ2) is 8.11. The van der Waals surface area contributed by atoms with Crippen LogP contribution in [0.25, 0.3) is 0 Å². The zero-order valence-electron chi connectivity index (χ0n) is 9.73. The van der Waals surface area contributed by atoms with Crippen LogP contribution in [-0.2, 0) is 0 Å². The Kier molecular flexibility index (Phi) is 8.09. The smallest absolute Gasteiger partial charge is 0.129 e. The minimum absolute atomic E-state index is 0. The molecule has 17 heavy (non-hydrogen) atoms. The second-order valence-corrected chi connectivity index (χ2v) is 4.23. The Balaban J connectivity index is 0.00000128. The molecule has 1 saturated heterocycles. The van der Waals surface area contributed by atoms with E-state index in [4.69, 9.17) is 11.6 Å². The number of hydrazine groups is 1. The summed E-state index contributed by atoms with van der Waals surface area (Å²) in [6.07, 6.45) is 5.61. The lowest BCUT2D eigenvalue weighted by Crippen LogP contribution is -2.41. The second-order valence-electron chi connectivity index (χ2n) is 3.84. The molecule has 0 saturated carbocycles. The number of hydrogen-bond acceptors (Lipinski definition) is 3. The number of nitrogens with one attached hydrogen (secondary N) is 1. The number of rotatable bonds is 2. The summed E-state index contributed by atoms with van der Waals surface area (Å²) >= 11 is 5.78. The lowest BCUT2D eigenvalue weighted by atomic mass is 9.98. The van der Waals surface area contributed by atoms with Crippen LogP contribution in [0.3, 0.4) is 0 Å². The minimum atomic E-state index is 0. The highest BCUT2D eigenvalue weighted by molar-refractivity contribution is 6.29. The zero-order valence-corrected chi connectivity index (χ0v) is 12.1. The van der Waals surface area contributed by atoms with Crippen molar-refractivity contribution in [2.45, 2.75) is 25.3 Å². The van der Waals surface area contributed by atoms with Crippen LogP contribution in [0.2, 0.25) is 5.15 Å². The molecule has 0 spiro atoms. The molecule has 1 atom stereocenters. The molecule has 1 aliphatic rings. The van der Waals surface area contributed by atoms with Gasteiger partial charge in [-0.3, -0.25) is 5.43 Å². The molecule has 0 amide bonds. The first-order chi connectivity index (χ1) is 7.31. The first-order valence-corrected chi connectivity index (χ1v) is 5.74. The Labute approximate surface area is 120 Å². The van der Waals surface area contributed by atoms with Gasteiger partial charge in [0.1, 0.15) is 5.15 Å². The summed E-state index contributed by atoms with van der Waals surface area (Å²) in [7, 11) is 1.97. The number of aromatic nitrogens is 1. The third kappa shape index (κ3) is 4.27. The van der Waals surface area contributed by atoms with Crippen LogP contribution in [0.1, 0.15) is 30.9 Å². The van der Waals surface area contributed by atoms with E-state index < -0.39 is 0 Å². The average molecular weight is 299 g/mol. The van der Waals surface area contributed by atoms with Crippen molar-refractivity contribution >= 4 is 36.4 Å². The number of nitrogens with zero attached hydrogens (tertiary/aromatic N) is 2. The van der Waals surface area contributed by atoms with Gasteiger partial charge in [-0.25, -0.2) is 9.99 Å². The van der Waals surface area contributed by atoms with E-state index in [1.165, 1.54) is 24.8 Å². The summed E-state index contributed by atoms with van der Waals surface area (Å²) in [5.41, 5.74) is 4.48. The predicted octanol–water partition coefficient (Wildman–Crippen LogP) is 3.24. The molecule has 3 nitrogen and oxygen atoms in total. The molecular weight excluding hydrogens is 281 g/mol. The quantitative estimate of drug-likeness (QED) is 0.850. The molecule has 98 valence electrons. The van der Waals surface area contributed by atoms with Crippen molar-refractivity contribution in [3.63, 3.8) is 0 Å². The first kappa shape index (κ1) is 16.9. The number of hydrogen-bond donors (Lipinski definition) is 1. The lowest BCUT2D eigenvalue weighted by Gasteiger charge is -2.34. The molecule has 1 fully saturated rings. The highest BCUT2D eigenvalue weighted by Gasteiger charge is 2.22. The van der Waals surface area contributed by atoms with E-state index in [0.29, 0.717) is 11.2 Å². The largest absolute Gasteiger partial charge is 0.258 e. The van der Waals surface area contributed by atoms with Crippen LogP contribution in [0.4, 0.5) is 0 Å². The van der Waals surface area contributed by atoms with Crippen LogP contribution >= 0.6 is 36.4 Å². The van der Waals surface area contributed by atoms with Gasteiger partial charge in [0, 0.05) is 12.7 Å². The molecule has 6 heteroatoms. The zero-order chi connectivity index (χ0) is 10.7. The molecule has 0 radical (unpaired) electrons. The van der Waals surface area contributed by atoms with Crippen molar-refractivity contribution < 1.29 is 0 Å². The van der Waals surface area contributed by atoms with E-state index >= 15 is 0 Å². The van der Waals surface area contributed by atoms with Gasteiger partial charge in [-0.1, -0.05) is 24.1 Å². The predicted molar refractivity (Wildman–Crippen MR) is 76.1 cm³/mol. The van der Waals surface area contributed by atoms with Gasteiger partial charge < -0.3 is 0 Å². The highest BCUT2D eigenvalue weighted by atomic mass is 35.5. The average Bonchev–Trinajstić information content (AvgIpc) is 2.30. The van der Waals surface area contributed by atoms with Crippen molar-refractivity contribution in [2.24, 2.45) is 0 Å². The van der Waals surface area contributed by atoms with Gasteiger partial charge in [-0.2, -0.15) is 0 Å². The van der Waals surface area contributed by atoms with Crippen LogP contribution in [0.5, 0.6) is 0 Å². The van der Waals surface area contributed by atoms with E-state index in [1.54, 1.807) is 0 Å². The summed E-state index contributed by atoms with van der Waals surface area (Å²) in [4.78, 5) is 4.13. The van der Waals surface area contributed by atoms with Crippen molar-refractivity contribution in [3.8, 4) is 0 Å². The van der Waals surface area contributed by atoms with Crippen LogP contribution < -0.4 is 5.43 Å². The molecule has 0 aliphatic carbocycles. The molecule has 0 aromatic carbocycles. The first-order valence-electron chi connectivity index (χ1n) is 5.37. The Morgan fingerprint density at radius 1 is 1.35 bits per heavy atom. The van der Waals surface area contributed by atoms with Gasteiger partial charge in [0.05, 0.1) is 6.04 Å². The molecule has 1 aromatic heterocycles. The summed E-state index contributed by atoms with van der Waals surface area (Å²) in [6.45, 7) is 1.10. The SMILES string of the molecule is CNN1CCCC[C@H]1c1ccc(Cl)nc1.Cl.Cl. The molecular formula is C11H18Cl3N3. The van der Waals surface area contributed by atoms with Crippen LogP contribution in [0, 0.1) is 0 Å². The minimum Gasteiger partial charge on any atom is -0.258 e. The number of halogens is 3. The summed E-state index contributed by atoms with van der Waals surface area (Å²) < 4.78 is 0. The maximum atomic E-state index is 5.78. The van der Waals surface area contributed by atoms with Gasteiger partial charge in [-0.05, 0) is 31.5 Å². The third-order valence-electron chi connectivity index (χ3n) is 2.93. The molecule has 2 heterocycles. The van der Waals surface area contributed by atoms with Gasteiger partial charge >= 0.3 is 0 Å². The number of pyridine rings is 1. The molecule has 0 bridgehead atoms. The van der Waals surface area contributed by atoms with Gasteiger partial charge in [0.15, 0.2) is 0 Å². The fourth-order valence-corrected chi connectivity index (χ4v) is 2.24. The molecule has 0 unspecified atom stereocenters. The Bertz CT molecular complexity index is 318. The summed E-state index contributed by atoms with van der Waals surface area (Å²) in [6, 6.07) is 4.36. The Morgan fingerprint density at radius 2 is 2.12 bits per heavy atom. The van der Waals surface area contributed by atoms with Crippen molar-refractivity contribution in [1.82, 2.24) is 15.4 Å². The van der Waals surface area contributed by atoms with E-state index in [-0.39, 0.29) is 24.8 Å². The van der Waals surface area contributed by atoms with E-state index in [9.17, 15) is 0 Å². The molecule has 1 aromatic rings. The fraction of sp³-hybridized carbons (Fsp3) is 0.545. The third-order valence-corrected chi connectivity index (χ3v) is 3.15. The summed E-state index contributed by atoms with van der Waals surface area (Å²) in [5, 5.41) is 2.83. The maximum Gasteiger partial charge on any atom is 0.129 e. The van der Waals surface area contributed by atoms with Crippen LogP contribution in [-0.4, -0.2) is 23.6 Å². The fourth-order valence-electron chi connectivity index (χ4n) is 2.13. The maximum absolute atomic E-state index is 5.78.